The van der Waals surface area contributed by atoms with Gasteiger partial charge in [-0.3, -0.25) is 4.79 Å². The summed E-state index contributed by atoms with van der Waals surface area (Å²) < 4.78 is 1.89. The molecule has 0 aromatic carbocycles. The summed E-state index contributed by atoms with van der Waals surface area (Å²) in [5.41, 5.74) is 0. The summed E-state index contributed by atoms with van der Waals surface area (Å²) in [4.78, 5) is 16.0. The van der Waals surface area contributed by atoms with Gasteiger partial charge in [-0.05, 0) is 6.42 Å². The molecule has 0 N–H and O–H groups in total. The van der Waals surface area contributed by atoms with Crippen molar-refractivity contribution in [2.75, 3.05) is 13.6 Å². The van der Waals surface area contributed by atoms with Gasteiger partial charge in [-0.15, -0.1) is 0 Å². The minimum Gasteiger partial charge on any atom is -0.346 e. The van der Waals surface area contributed by atoms with Crippen LogP contribution in [0, 0.1) is 0 Å². The Kier molecular flexibility index (Phi) is 3.49. The van der Waals surface area contributed by atoms with E-state index in [1.54, 1.807) is 17.4 Å². The van der Waals surface area contributed by atoms with Gasteiger partial charge in [-0.1, -0.05) is 0 Å². The minimum atomic E-state index is 0.292. The van der Waals surface area contributed by atoms with E-state index in [0.29, 0.717) is 5.91 Å². The molecule has 1 aliphatic heterocycles. The van der Waals surface area contributed by atoms with Crippen LogP contribution in [0.25, 0.3) is 0 Å². The second-order valence-electron chi connectivity index (χ2n) is 3.15. The van der Waals surface area contributed by atoms with Crippen LogP contribution < -0.4 is 0 Å². The highest BCUT2D eigenvalue weighted by Crippen LogP contribution is 2.04. The molecule has 1 aromatic rings. The van der Waals surface area contributed by atoms with E-state index < -0.39 is 0 Å². The Balaban J connectivity index is 0.000000132. The van der Waals surface area contributed by atoms with Crippen molar-refractivity contribution in [1.29, 1.82) is 0 Å². The van der Waals surface area contributed by atoms with Crippen molar-refractivity contribution in [3.8, 4) is 0 Å². The number of amides is 1. The van der Waals surface area contributed by atoms with Crippen LogP contribution in [0.3, 0.4) is 0 Å². The van der Waals surface area contributed by atoms with Crippen LogP contribution in [0.2, 0.25) is 0 Å². The SMILES string of the molecule is CN1CCCC1=O.Cn1ccnc1. The molecule has 4 heteroatoms. The smallest absolute Gasteiger partial charge is 0.222 e. The van der Waals surface area contributed by atoms with Gasteiger partial charge >= 0.3 is 0 Å². The fourth-order valence-electron chi connectivity index (χ4n) is 1.11. The molecule has 1 amide bonds. The van der Waals surface area contributed by atoms with Crippen LogP contribution in [0.15, 0.2) is 18.7 Å². The molecule has 0 atom stereocenters. The van der Waals surface area contributed by atoms with Crippen molar-refractivity contribution in [3.05, 3.63) is 18.7 Å². The number of aryl methyl sites for hydroxylation is 1. The Morgan fingerprint density at radius 1 is 1.46 bits per heavy atom. The molecule has 13 heavy (non-hydrogen) atoms. The number of carbonyl (C=O) groups excluding carboxylic acids is 1. The van der Waals surface area contributed by atoms with E-state index >= 15 is 0 Å². The predicted octanol–water partition coefficient (Wildman–Crippen LogP) is 0.659. The zero-order valence-corrected chi connectivity index (χ0v) is 8.10. The molecule has 0 bridgehead atoms. The number of hydrogen-bond donors (Lipinski definition) is 0. The third-order valence-electron chi connectivity index (χ3n) is 1.95. The maximum absolute atomic E-state index is 10.5. The summed E-state index contributed by atoms with van der Waals surface area (Å²) in [6.45, 7) is 0.957. The molecular weight excluding hydrogens is 166 g/mol. The fourth-order valence-corrected chi connectivity index (χ4v) is 1.11. The molecule has 72 valence electrons. The van der Waals surface area contributed by atoms with Crippen LogP contribution >= 0.6 is 0 Å². The van der Waals surface area contributed by atoms with Crippen molar-refractivity contribution < 1.29 is 4.79 Å². The average molecular weight is 181 g/mol. The Morgan fingerprint density at radius 2 is 2.23 bits per heavy atom. The number of likely N-dealkylation sites (tertiary alicyclic amines) is 1. The fraction of sp³-hybridized carbons (Fsp3) is 0.556. The topological polar surface area (TPSA) is 38.1 Å². The predicted molar refractivity (Wildman–Crippen MR) is 50.1 cm³/mol. The first-order chi connectivity index (χ1) is 6.20. The van der Waals surface area contributed by atoms with Crippen molar-refractivity contribution in [2.45, 2.75) is 12.8 Å². The van der Waals surface area contributed by atoms with Gasteiger partial charge in [0, 0.05) is 39.5 Å². The molecule has 0 aliphatic carbocycles. The number of rotatable bonds is 0. The van der Waals surface area contributed by atoms with E-state index in [-0.39, 0.29) is 0 Å². The summed E-state index contributed by atoms with van der Waals surface area (Å²) in [5, 5.41) is 0. The highest BCUT2D eigenvalue weighted by atomic mass is 16.2. The van der Waals surface area contributed by atoms with Crippen LogP contribution in [-0.4, -0.2) is 34.0 Å². The highest BCUT2D eigenvalue weighted by molar-refractivity contribution is 5.77. The zero-order valence-electron chi connectivity index (χ0n) is 8.10. The summed E-state index contributed by atoms with van der Waals surface area (Å²) in [6, 6.07) is 0. The first kappa shape index (κ1) is 9.77. The van der Waals surface area contributed by atoms with Gasteiger partial charge in [0.2, 0.25) is 5.91 Å². The number of aromatic nitrogens is 2. The quantitative estimate of drug-likeness (QED) is 0.589. The van der Waals surface area contributed by atoms with Crippen molar-refractivity contribution >= 4 is 5.91 Å². The average Bonchev–Trinajstić information content (AvgIpc) is 2.67. The molecule has 0 saturated carbocycles. The first-order valence-corrected chi connectivity index (χ1v) is 4.36. The second-order valence-corrected chi connectivity index (χ2v) is 3.15. The summed E-state index contributed by atoms with van der Waals surface area (Å²) in [5.74, 6) is 0.292. The molecular formula is C9H15N3O. The highest BCUT2D eigenvalue weighted by Gasteiger charge is 2.14. The van der Waals surface area contributed by atoms with E-state index in [2.05, 4.69) is 4.98 Å². The van der Waals surface area contributed by atoms with Gasteiger partial charge in [-0.2, -0.15) is 0 Å². The maximum atomic E-state index is 10.5. The van der Waals surface area contributed by atoms with E-state index in [1.165, 1.54) is 0 Å². The van der Waals surface area contributed by atoms with Crippen LogP contribution in [0.5, 0.6) is 0 Å². The lowest BCUT2D eigenvalue weighted by Crippen LogP contribution is -2.17. The Morgan fingerprint density at radius 3 is 2.38 bits per heavy atom. The van der Waals surface area contributed by atoms with Crippen LogP contribution in [0.4, 0.5) is 0 Å². The summed E-state index contributed by atoms with van der Waals surface area (Å²) in [6.07, 6.45) is 7.20. The molecule has 1 aliphatic rings. The Labute approximate surface area is 78.2 Å². The maximum Gasteiger partial charge on any atom is 0.222 e. The van der Waals surface area contributed by atoms with Gasteiger partial charge in [-0.25, -0.2) is 4.98 Å². The number of hydrogen-bond acceptors (Lipinski definition) is 2. The number of carbonyl (C=O) groups is 1. The molecule has 0 unspecified atom stereocenters. The minimum absolute atomic E-state index is 0.292. The van der Waals surface area contributed by atoms with Crippen LogP contribution in [-0.2, 0) is 11.8 Å². The molecule has 0 radical (unpaired) electrons. The Bertz CT molecular complexity index is 256. The normalized spacial score (nSPS) is 15.5. The van der Waals surface area contributed by atoms with E-state index in [0.717, 1.165) is 19.4 Å². The molecule has 4 nitrogen and oxygen atoms in total. The van der Waals surface area contributed by atoms with Crippen molar-refractivity contribution in [2.24, 2.45) is 7.05 Å². The summed E-state index contributed by atoms with van der Waals surface area (Å²) >= 11 is 0. The largest absolute Gasteiger partial charge is 0.346 e. The monoisotopic (exact) mass is 181 g/mol. The van der Waals surface area contributed by atoms with Crippen molar-refractivity contribution in [3.63, 3.8) is 0 Å². The zero-order chi connectivity index (χ0) is 9.68. The Hall–Kier alpha value is -1.32. The standard InChI is InChI=1S/C5H9NO.C4H6N2/c1-6-4-2-3-5(6)7;1-6-3-2-5-4-6/h2-4H2,1H3;2-4H,1H3. The lowest BCUT2D eigenvalue weighted by molar-refractivity contribution is -0.126. The number of imidazole rings is 1. The molecule has 2 rings (SSSR count). The van der Waals surface area contributed by atoms with Gasteiger partial charge in [0.1, 0.15) is 0 Å². The molecule has 1 saturated heterocycles. The molecule has 2 heterocycles. The lowest BCUT2D eigenvalue weighted by atomic mass is 10.4. The molecule has 0 spiro atoms. The molecule has 1 aromatic heterocycles. The third-order valence-corrected chi connectivity index (χ3v) is 1.95. The number of nitrogens with zero attached hydrogens (tertiary/aromatic N) is 3. The molecule has 1 fully saturated rings. The van der Waals surface area contributed by atoms with E-state index in [9.17, 15) is 4.79 Å². The second kappa shape index (κ2) is 4.64. The van der Waals surface area contributed by atoms with E-state index in [1.807, 2.05) is 24.9 Å². The lowest BCUT2D eigenvalue weighted by Gasteiger charge is -2.03. The van der Waals surface area contributed by atoms with Gasteiger partial charge in [0.25, 0.3) is 0 Å². The first-order valence-electron chi connectivity index (χ1n) is 4.36. The van der Waals surface area contributed by atoms with Gasteiger partial charge < -0.3 is 9.47 Å². The van der Waals surface area contributed by atoms with Gasteiger partial charge in [0.15, 0.2) is 0 Å². The van der Waals surface area contributed by atoms with Crippen LogP contribution in [0.1, 0.15) is 12.8 Å². The van der Waals surface area contributed by atoms with E-state index in [4.69, 9.17) is 0 Å². The summed E-state index contributed by atoms with van der Waals surface area (Å²) in [7, 11) is 3.78. The van der Waals surface area contributed by atoms with Gasteiger partial charge in [0.05, 0.1) is 6.33 Å². The third kappa shape index (κ3) is 3.27. The van der Waals surface area contributed by atoms with Crippen molar-refractivity contribution in [1.82, 2.24) is 14.5 Å².